The van der Waals surface area contributed by atoms with E-state index in [-0.39, 0.29) is 11.1 Å². The van der Waals surface area contributed by atoms with Crippen molar-refractivity contribution in [3.63, 3.8) is 0 Å². The van der Waals surface area contributed by atoms with Gasteiger partial charge in [-0.15, -0.1) is 0 Å². The van der Waals surface area contributed by atoms with E-state index in [4.69, 9.17) is 23.2 Å². The summed E-state index contributed by atoms with van der Waals surface area (Å²) in [6.07, 6.45) is 0. The molecule has 0 aromatic heterocycles. The van der Waals surface area contributed by atoms with Crippen molar-refractivity contribution in [2.45, 2.75) is 19.9 Å². The van der Waals surface area contributed by atoms with Crippen molar-refractivity contribution in [2.75, 3.05) is 6.54 Å². The first kappa shape index (κ1) is 16.2. The molecule has 0 bridgehead atoms. The van der Waals surface area contributed by atoms with Crippen LogP contribution in [-0.4, -0.2) is 6.54 Å². The highest BCUT2D eigenvalue weighted by atomic mass is 35.5. The lowest BCUT2D eigenvalue weighted by molar-refractivity contribution is 0.541. The number of benzene rings is 2. The average molecular weight is 330 g/mol. The van der Waals surface area contributed by atoms with Crippen molar-refractivity contribution in [3.05, 3.63) is 68.7 Å². The van der Waals surface area contributed by atoms with E-state index in [0.29, 0.717) is 16.6 Å². The Kier molecular flexibility index (Phi) is 5.20. The Bertz CT molecular complexity index is 659. The Morgan fingerprint density at radius 3 is 2.38 bits per heavy atom. The zero-order valence-electron chi connectivity index (χ0n) is 11.7. The SMILES string of the molecule is CCNC(c1ccc(Cl)c(Cl)c1)c1cc(F)c(C)cc1F. The molecule has 1 atom stereocenters. The molecule has 0 amide bonds. The summed E-state index contributed by atoms with van der Waals surface area (Å²) >= 11 is 11.9. The van der Waals surface area contributed by atoms with E-state index in [1.807, 2.05) is 6.92 Å². The third-order valence-corrected chi connectivity index (χ3v) is 4.01. The van der Waals surface area contributed by atoms with E-state index in [2.05, 4.69) is 5.32 Å². The minimum atomic E-state index is -0.486. The van der Waals surface area contributed by atoms with Crippen LogP contribution in [0.15, 0.2) is 30.3 Å². The van der Waals surface area contributed by atoms with E-state index in [9.17, 15) is 8.78 Å². The zero-order chi connectivity index (χ0) is 15.6. The summed E-state index contributed by atoms with van der Waals surface area (Å²) in [5, 5.41) is 3.94. The fraction of sp³-hybridized carbons (Fsp3) is 0.250. The summed E-state index contributed by atoms with van der Waals surface area (Å²) in [7, 11) is 0. The number of nitrogens with one attached hydrogen (secondary N) is 1. The highest BCUT2D eigenvalue weighted by Gasteiger charge is 2.19. The standard InChI is InChI=1S/C16H15Cl2F2N/c1-3-21-16(10-4-5-12(17)13(18)7-10)11-8-14(19)9(2)6-15(11)20/h4-8,16,21H,3H2,1-2H3. The predicted octanol–water partition coefficient (Wildman–Crippen LogP) is 5.28. The van der Waals surface area contributed by atoms with Crippen LogP contribution in [0.1, 0.15) is 29.7 Å². The minimum absolute atomic E-state index is 0.248. The van der Waals surface area contributed by atoms with E-state index in [0.717, 1.165) is 5.56 Å². The first-order valence-corrected chi connectivity index (χ1v) is 7.33. The molecular formula is C16H15Cl2F2N. The van der Waals surface area contributed by atoms with Crippen molar-refractivity contribution in [3.8, 4) is 0 Å². The molecule has 0 saturated carbocycles. The molecule has 2 rings (SSSR count). The summed E-state index contributed by atoms with van der Waals surface area (Å²) in [4.78, 5) is 0. The van der Waals surface area contributed by atoms with Crippen molar-refractivity contribution in [1.29, 1.82) is 0 Å². The lowest BCUT2D eigenvalue weighted by Crippen LogP contribution is -2.23. The van der Waals surface area contributed by atoms with E-state index in [1.165, 1.54) is 19.1 Å². The third-order valence-electron chi connectivity index (χ3n) is 3.27. The molecule has 0 fully saturated rings. The van der Waals surface area contributed by atoms with E-state index < -0.39 is 17.7 Å². The van der Waals surface area contributed by atoms with Crippen LogP contribution in [0.25, 0.3) is 0 Å². The van der Waals surface area contributed by atoms with Crippen LogP contribution in [0.5, 0.6) is 0 Å². The third kappa shape index (κ3) is 3.54. The number of rotatable bonds is 4. The van der Waals surface area contributed by atoms with Gasteiger partial charge in [0.25, 0.3) is 0 Å². The molecule has 0 heterocycles. The van der Waals surface area contributed by atoms with Gasteiger partial charge in [0.2, 0.25) is 0 Å². The lowest BCUT2D eigenvalue weighted by Gasteiger charge is -2.20. The molecule has 112 valence electrons. The number of hydrogen-bond acceptors (Lipinski definition) is 1. The Hall–Kier alpha value is -1.16. The fourth-order valence-corrected chi connectivity index (χ4v) is 2.49. The minimum Gasteiger partial charge on any atom is -0.306 e. The van der Waals surface area contributed by atoms with Gasteiger partial charge < -0.3 is 5.32 Å². The van der Waals surface area contributed by atoms with Gasteiger partial charge in [-0.3, -0.25) is 0 Å². The summed E-state index contributed by atoms with van der Waals surface area (Å²) < 4.78 is 28.0. The van der Waals surface area contributed by atoms with Gasteiger partial charge in [-0.2, -0.15) is 0 Å². The largest absolute Gasteiger partial charge is 0.306 e. The Morgan fingerprint density at radius 1 is 1.05 bits per heavy atom. The van der Waals surface area contributed by atoms with Gasteiger partial charge in [-0.05, 0) is 48.9 Å². The molecule has 0 aliphatic carbocycles. The van der Waals surface area contributed by atoms with Crippen molar-refractivity contribution < 1.29 is 8.78 Å². The van der Waals surface area contributed by atoms with Crippen LogP contribution in [0.2, 0.25) is 10.0 Å². The van der Waals surface area contributed by atoms with Crippen LogP contribution in [0.3, 0.4) is 0 Å². The Balaban J connectivity index is 2.52. The molecular weight excluding hydrogens is 315 g/mol. The molecule has 5 heteroatoms. The molecule has 0 radical (unpaired) electrons. The Labute approximate surface area is 132 Å². The van der Waals surface area contributed by atoms with Gasteiger partial charge in [0.15, 0.2) is 0 Å². The summed E-state index contributed by atoms with van der Waals surface area (Å²) in [6, 6.07) is 6.99. The first-order chi connectivity index (χ1) is 9.93. The molecule has 1 unspecified atom stereocenters. The maximum atomic E-state index is 14.2. The lowest BCUT2D eigenvalue weighted by atomic mass is 9.97. The second kappa shape index (κ2) is 6.73. The van der Waals surface area contributed by atoms with Gasteiger partial charge in [-0.25, -0.2) is 8.78 Å². The maximum absolute atomic E-state index is 14.2. The molecule has 21 heavy (non-hydrogen) atoms. The monoisotopic (exact) mass is 329 g/mol. The van der Waals surface area contributed by atoms with Crippen LogP contribution in [0, 0.1) is 18.6 Å². The van der Waals surface area contributed by atoms with Gasteiger partial charge in [0, 0.05) is 5.56 Å². The highest BCUT2D eigenvalue weighted by molar-refractivity contribution is 6.42. The van der Waals surface area contributed by atoms with Crippen LogP contribution in [-0.2, 0) is 0 Å². The van der Waals surface area contributed by atoms with Crippen molar-refractivity contribution in [2.24, 2.45) is 0 Å². The van der Waals surface area contributed by atoms with Gasteiger partial charge in [0.05, 0.1) is 16.1 Å². The molecule has 2 aromatic carbocycles. The topological polar surface area (TPSA) is 12.0 Å². The van der Waals surface area contributed by atoms with Crippen LogP contribution in [0.4, 0.5) is 8.78 Å². The van der Waals surface area contributed by atoms with Crippen molar-refractivity contribution in [1.82, 2.24) is 5.32 Å². The normalized spacial score (nSPS) is 12.5. The number of aryl methyl sites for hydroxylation is 1. The summed E-state index contributed by atoms with van der Waals surface area (Å²) in [5.41, 5.74) is 1.26. The maximum Gasteiger partial charge on any atom is 0.128 e. The zero-order valence-corrected chi connectivity index (χ0v) is 13.2. The van der Waals surface area contributed by atoms with E-state index in [1.54, 1.807) is 18.2 Å². The second-order valence-corrected chi connectivity index (χ2v) is 5.60. The molecule has 0 aliphatic rings. The summed E-state index contributed by atoms with van der Waals surface area (Å²) in [5.74, 6) is -0.889. The quantitative estimate of drug-likeness (QED) is 0.804. The first-order valence-electron chi connectivity index (χ1n) is 6.58. The molecule has 1 nitrogen and oxygen atoms in total. The van der Waals surface area contributed by atoms with Gasteiger partial charge >= 0.3 is 0 Å². The van der Waals surface area contributed by atoms with Crippen LogP contribution >= 0.6 is 23.2 Å². The summed E-state index contributed by atoms with van der Waals surface area (Å²) in [6.45, 7) is 4.02. The molecule has 0 saturated heterocycles. The van der Waals surface area contributed by atoms with Crippen LogP contribution < -0.4 is 5.32 Å². The second-order valence-electron chi connectivity index (χ2n) is 4.79. The molecule has 1 N–H and O–H groups in total. The smallest absolute Gasteiger partial charge is 0.128 e. The average Bonchev–Trinajstić information content (AvgIpc) is 2.44. The Morgan fingerprint density at radius 2 is 1.76 bits per heavy atom. The van der Waals surface area contributed by atoms with Gasteiger partial charge in [-0.1, -0.05) is 36.2 Å². The number of halogens is 4. The predicted molar refractivity (Wildman–Crippen MR) is 83.1 cm³/mol. The highest BCUT2D eigenvalue weighted by Crippen LogP contribution is 2.31. The molecule has 0 spiro atoms. The molecule has 0 aliphatic heterocycles. The number of hydrogen-bond donors (Lipinski definition) is 1. The fourth-order valence-electron chi connectivity index (χ4n) is 2.19. The van der Waals surface area contributed by atoms with Crippen molar-refractivity contribution >= 4 is 23.2 Å². The molecule has 2 aromatic rings. The van der Waals surface area contributed by atoms with Gasteiger partial charge in [0.1, 0.15) is 11.6 Å². The van der Waals surface area contributed by atoms with E-state index >= 15 is 0 Å².